The first kappa shape index (κ1) is 12.7. The molecule has 0 aliphatic rings. The maximum Gasteiger partial charge on any atom is 0.513 e. The van der Waals surface area contributed by atoms with Crippen molar-refractivity contribution in [3.8, 4) is 5.75 Å². The van der Waals surface area contributed by atoms with Gasteiger partial charge in [-0.05, 0) is 6.07 Å². The zero-order valence-corrected chi connectivity index (χ0v) is 7.77. The summed E-state index contributed by atoms with van der Waals surface area (Å²) in [5.41, 5.74) is -1.22. The van der Waals surface area contributed by atoms with E-state index >= 15 is 0 Å². The van der Waals surface area contributed by atoms with E-state index in [1.54, 1.807) is 0 Å². The molecule has 0 atom stereocenters. The molecule has 1 nitrogen and oxygen atoms in total. The Morgan fingerprint density at radius 3 is 2.31 bits per heavy atom. The Kier molecular flexibility index (Phi) is 3.72. The molecular formula is C8H6BF6O-. The molecule has 0 aromatic heterocycles. The van der Waals surface area contributed by atoms with Crippen molar-refractivity contribution in [2.75, 3.05) is 6.61 Å². The first-order chi connectivity index (χ1) is 7.30. The standard InChI is InChI=1S/C8H6BF6O/c10-5-1-2-6(9(13,14)15)7(3-5)16-4-8(11)12/h1-3,8H,4H2/q-1. The lowest BCUT2D eigenvalue weighted by Gasteiger charge is -2.19. The fourth-order valence-electron chi connectivity index (χ4n) is 1.06. The van der Waals surface area contributed by atoms with E-state index in [1.165, 1.54) is 0 Å². The highest BCUT2D eigenvalue weighted by molar-refractivity contribution is 6.74. The molecule has 90 valence electrons. The molecule has 1 aromatic carbocycles. The fourth-order valence-corrected chi connectivity index (χ4v) is 1.06. The highest BCUT2D eigenvalue weighted by Crippen LogP contribution is 2.19. The molecular weight excluding hydrogens is 237 g/mol. The lowest BCUT2D eigenvalue weighted by molar-refractivity contribution is 0.0820. The van der Waals surface area contributed by atoms with E-state index in [-0.39, 0.29) is 0 Å². The Bertz CT molecular complexity index is 364. The average Bonchev–Trinajstić information content (AvgIpc) is 2.12. The summed E-state index contributed by atoms with van der Waals surface area (Å²) in [6, 6.07) is 1.50. The molecule has 8 heteroatoms. The molecule has 0 fully saturated rings. The first-order valence-corrected chi connectivity index (χ1v) is 4.21. The molecule has 0 aliphatic heterocycles. The predicted molar refractivity (Wildman–Crippen MR) is 46.6 cm³/mol. The molecule has 0 N–H and O–H groups in total. The summed E-state index contributed by atoms with van der Waals surface area (Å²) in [6.07, 6.45) is -2.92. The average molecular weight is 243 g/mol. The maximum atomic E-state index is 12.6. The maximum absolute atomic E-state index is 12.6. The SMILES string of the molecule is Fc1ccc([B-](F)(F)F)c(OCC(F)F)c1. The van der Waals surface area contributed by atoms with Gasteiger partial charge in [0, 0.05) is 6.07 Å². The summed E-state index contributed by atoms with van der Waals surface area (Å²) < 4.78 is 77.5. The molecule has 1 rings (SSSR count). The lowest BCUT2D eigenvalue weighted by atomic mass is 9.79. The van der Waals surface area contributed by atoms with Crippen LogP contribution in [0, 0.1) is 5.82 Å². The molecule has 16 heavy (non-hydrogen) atoms. The van der Waals surface area contributed by atoms with E-state index in [4.69, 9.17) is 0 Å². The number of halogens is 6. The van der Waals surface area contributed by atoms with E-state index in [2.05, 4.69) is 4.74 Å². The van der Waals surface area contributed by atoms with Crippen LogP contribution in [-0.4, -0.2) is 20.0 Å². The smallest absolute Gasteiger partial charge is 0.491 e. The number of rotatable bonds is 4. The number of alkyl halides is 2. The Morgan fingerprint density at radius 2 is 1.81 bits per heavy atom. The van der Waals surface area contributed by atoms with Crippen LogP contribution >= 0.6 is 0 Å². The molecule has 0 heterocycles. The Morgan fingerprint density at radius 1 is 1.19 bits per heavy atom. The summed E-state index contributed by atoms with van der Waals surface area (Å²) in [7, 11) is 0. The second-order valence-corrected chi connectivity index (χ2v) is 2.96. The summed E-state index contributed by atoms with van der Waals surface area (Å²) in [6.45, 7) is -6.62. The monoisotopic (exact) mass is 243 g/mol. The zero-order chi connectivity index (χ0) is 12.3. The van der Waals surface area contributed by atoms with E-state index in [1.807, 2.05) is 0 Å². The Labute approximate surface area is 87.1 Å². The van der Waals surface area contributed by atoms with Crippen LogP contribution in [0.25, 0.3) is 0 Å². The minimum Gasteiger partial charge on any atom is -0.491 e. The number of ether oxygens (including phenoxy) is 1. The molecule has 0 aliphatic carbocycles. The van der Waals surface area contributed by atoms with Gasteiger partial charge in [-0.3, -0.25) is 0 Å². The third-order valence-corrected chi connectivity index (χ3v) is 1.69. The fraction of sp³-hybridized carbons (Fsp3) is 0.250. The van der Waals surface area contributed by atoms with Gasteiger partial charge in [0.15, 0.2) is 0 Å². The summed E-state index contributed by atoms with van der Waals surface area (Å²) in [5, 5.41) is 0. The van der Waals surface area contributed by atoms with Gasteiger partial charge in [0.25, 0.3) is 6.43 Å². The topological polar surface area (TPSA) is 9.23 Å². The van der Waals surface area contributed by atoms with Gasteiger partial charge in [-0.2, -0.15) is 0 Å². The van der Waals surface area contributed by atoms with E-state index < -0.39 is 37.0 Å². The van der Waals surface area contributed by atoms with Gasteiger partial charge in [0.1, 0.15) is 12.4 Å². The number of hydrogen-bond donors (Lipinski definition) is 0. The minimum atomic E-state index is -5.42. The molecule has 0 unspecified atom stereocenters. The van der Waals surface area contributed by atoms with Crippen LogP contribution in [0.3, 0.4) is 0 Å². The third kappa shape index (κ3) is 3.35. The van der Waals surface area contributed by atoms with E-state index in [0.29, 0.717) is 18.2 Å². The lowest BCUT2D eigenvalue weighted by Crippen LogP contribution is -2.35. The second kappa shape index (κ2) is 4.67. The highest BCUT2D eigenvalue weighted by atomic mass is 19.4. The Balaban J connectivity index is 2.99. The van der Waals surface area contributed by atoms with Crippen LogP contribution in [0.4, 0.5) is 26.1 Å². The highest BCUT2D eigenvalue weighted by Gasteiger charge is 2.29. The second-order valence-electron chi connectivity index (χ2n) is 2.96. The Hall–Kier alpha value is -1.34. The zero-order valence-electron chi connectivity index (χ0n) is 7.77. The molecule has 0 bridgehead atoms. The van der Waals surface area contributed by atoms with Crippen molar-refractivity contribution < 1.29 is 30.9 Å². The minimum absolute atomic E-state index is 0.437. The van der Waals surface area contributed by atoms with Gasteiger partial charge in [0.2, 0.25) is 0 Å². The van der Waals surface area contributed by atoms with Gasteiger partial charge in [-0.15, -0.1) is 0 Å². The molecule has 0 saturated carbocycles. The van der Waals surface area contributed by atoms with Gasteiger partial charge < -0.3 is 17.7 Å². The van der Waals surface area contributed by atoms with E-state index in [0.717, 1.165) is 0 Å². The predicted octanol–water partition coefficient (Wildman–Crippen LogP) is 2.52. The molecule has 0 amide bonds. The van der Waals surface area contributed by atoms with Crippen LogP contribution in [0.2, 0.25) is 0 Å². The van der Waals surface area contributed by atoms with Crippen LogP contribution < -0.4 is 10.2 Å². The van der Waals surface area contributed by atoms with Crippen molar-refractivity contribution in [3.05, 3.63) is 24.0 Å². The van der Waals surface area contributed by atoms with Crippen molar-refractivity contribution in [2.45, 2.75) is 6.43 Å². The number of hydrogen-bond acceptors (Lipinski definition) is 1. The molecule has 0 saturated heterocycles. The van der Waals surface area contributed by atoms with Crippen LogP contribution in [0.15, 0.2) is 18.2 Å². The normalized spacial score (nSPS) is 11.9. The summed E-state index contributed by atoms with van der Waals surface area (Å²) in [5.74, 6) is -1.89. The van der Waals surface area contributed by atoms with Gasteiger partial charge in [-0.25, -0.2) is 13.2 Å². The first-order valence-electron chi connectivity index (χ1n) is 4.21. The van der Waals surface area contributed by atoms with Crippen molar-refractivity contribution >= 4 is 12.4 Å². The van der Waals surface area contributed by atoms with Gasteiger partial charge >= 0.3 is 6.98 Å². The van der Waals surface area contributed by atoms with Crippen molar-refractivity contribution in [3.63, 3.8) is 0 Å². The van der Waals surface area contributed by atoms with Crippen molar-refractivity contribution in [2.24, 2.45) is 0 Å². The molecule has 0 radical (unpaired) electrons. The van der Waals surface area contributed by atoms with Gasteiger partial charge in [-0.1, -0.05) is 11.5 Å². The molecule has 1 aromatic rings. The van der Waals surface area contributed by atoms with Crippen LogP contribution in [-0.2, 0) is 0 Å². The summed E-state index contributed by atoms with van der Waals surface area (Å²) >= 11 is 0. The van der Waals surface area contributed by atoms with Gasteiger partial charge in [0.05, 0.1) is 5.75 Å². The van der Waals surface area contributed by atoms with Crippen LogP contribution in [0.5, 0.6) is 5.75 Å². The van der Waals surface area contributed by atoms with Crippen LogP contribution in [0.1, 0.15) is 0 Å². The number of benzene rings is 1. The quantitative estimate of drug-likeness (QED) is 0.583. The van der Waals surface area contributed by atoms with Crippen molar-refractivity contribution in [1.82, 2.24) is 0 Å². The largest absolute Gasteiger partial charge is 0.513 e. The molecule has 0 spiro atoms. The third-order valence-electron chi connectivity index (χ3n) is 1.69. The van der Waals surface area contributed by atoms with Crippen molar-refractivity contribution in [1.29, 1.82) is 0 Å². The van der Waals surface area contributed by atoms with E-state index in [9.17, 15) is 26.1 Å². The summed E-state index contributed by atoms with van der Waals surface area (Å²) in [4.78, 5) is 0.